The van der Waals surface area contributed by atoms with Gasteiger partial charge in [-0.1, -0.05) is 6.07 Å². The molecule has 72 valence electrons. The lowest BCUT2D eigenvalue weighted by molar-refractivity contribution is 0.632. The second-order valence-corrected chi connectivity index (χ2v) is 2.93. The normalized spacial score (nSPS) is 10.1. The SMILES string of the molecule is CNc1ccc(-c2cn[nH]c2)cc1F. The maximum Gasteiger partial charge on any atom is 0.146 e. The molecule has 2 rings (SSSR count). The second-order valence-electron chi connectivity index (χ2n) is 2.93. The molecule has 0 saturated carbocycles. The molecule has 1 heterocycles. The number of H-pyrrole nitrogens is 1. The molecule has 0 spiro atoms. The fourth-order valence-corrected chi connectivity index (χ4v) is 1.31. The molecule has 14 heavy (non-hydrogen) atoms. The van der Waals surface area contributed by atoms with Crippen LogP contribution in [0.1, 0.15) is 0 Å². The molecular formula is C10H10FN3. The summed E-state index contributed by atoms with van der Waals surface area (Å²) in [6.07, 6.45) is 3.39. The van der Waals surface area contributed by atoms with Gasteiger partial charge in [0, 0.05) is 18.8 Å². The van der Waals surface area contributed by atoms with E-state index in [1.165, 1.54) is 6.07 Å². The van der Waals surface area contributed by atoms with Crippen molar-refractivity contribution in [1.82, 2.24) is 10.2 Å². The Morgan fingerprint density at radius 2 is 2.21 bits per heavy atom. The summed E-state index contributed by atoms with van der Waals surface area (Å²) in [5.74, 6) is -0.258. The maximum absolute atomic E-state index is 13.3. The summed E-state index contributed by atoms with van der Waals surface area (Å²) in [5.41, 5.74) is 2.19. The number of anilines is 1. The fraction of sp³-hybridized carbons (Fsp3) is 0.100. The Balaban J connectivity index is 2.43. The maximum atomic E-state index is 13.3. The zero-order chi connectivity index (χ0) is 9.97. The summed E-state index contributed by atoms with van der Waals surface area (Å²) in [7, 11) is 1.69. The van der Waals surface area contributed by atoms with Crippen molar-refractivity contribution < 1.29 is 4.39 Å². The van der Waals surface area contributed by atoms with Crippen LogP contribution in [0.2, 0.25) is 0 Å². The molecule has 0 saturated heterocycles. The van der Waals surface area contributed by atoms with Crippen molar-refractivity contribution in [2.45, 2.75) is 0 Å². The van der Waals surface area contributed by atoms with Crippen LogP contribution in [0.15, 0.2) is 30.6 Å². The number of nitrogens with one attached hydrogen (secondary N) is 2. The van der Waals surface area contributed by atoms with E-state index >= 15 is 0 Å². The summed E-state index contributed by atoms with van der Waals surface area (Å²) >= 11 is 0. The third-order valence-electron chi connectivity index (χ3n) is 2.07. The van der Waals surface area contributed by atoms with E-state index in [-0.39, 0.29) is 5.82 Å². The van der Waals surface area contributed by atoms with Crippen molar-refractivity contribution in [1.29, 1.82) is 0 Å². The molecule has 0 aliphatic carbocycles. The van der Waals surface area contributed by atoms with Gasteiger partial charge in [0.2, 0.25) is 0 Å². The second kappa shape index (κ2) is 3.49. The highest BCUT2D eigenvalue weighted by molar-refractivity contribution is 5.64. The van der Waals surface area contributed by atoms with Crippen LogP contribution in [0.3, 0.4) is 0 Å². The van der Waals surface area contributed by atoms with Crippen LogP contribution in [0, 0.1) is 5.82 Å². The van der Waals surface area contributed by atoms with Crippen molar-refractivity contribution in [2.24, 2.45) is 0 Å². The van der Waals surface area contributed by atoms with E-state index in [1.54, 1.807) is 25.5 Å². The molecule has 0 bridgehead atoms. The summed E-state index contributed by atoms with van der Waals surface area (Å²) in [5, 5.41) is 9.27. The van der Waals surface area contributed by atoms with E-state index in [1.807, 2.05) is 6.07 Å². The predicted molar refractivity (Wildman–Crippen MR) is 53.5 cm³/mol. The fourth-order valence-electron chi connectivity index (χ4n) is 1.31. The van der Waals surface area contributed by atoms with Gasteiger partial charge >= 0.3 is 0 Å². The lowest BCUT2D eigenvalue weighted by atomic mass is 10.1. The minimum absolute atomic E-state index is 0.258. The summed E-state index contributed by atoms with van der Waals surface area (Å²) in [6, 6.07) is 5.04. The molecule has 0 amide bonds. The van der Waals surface area contributed by atoms with Gasteiger partial charge in [0.15, 0.2) is 0 Å². The molecule has 1 aromatic heterocycles. The largest absolute Gasteiger partial charge is 0.386 e. The number of rotatable bonds is 2. The molecule has 4 heteroatoms. The van der Waals surface area contributed by atoms with Crippen molar-refractivity contribution in [2.75, 3.05) is 12.4 Å². The van der Waals surface area contributed by atoms with Gasteiger partial charge in [-0.3, -0.25) is 5.10 Å². The Bertz CT molecular complexity index is 423. The quantitative estimate of drug-likeness (QED) is 0.764. The van der Waals surface area contributed by atoms with Crippen molar-refractivity contribution in [3.63, 3.8) is 0 Å². The topological polar surface area (TPSA) is 40.7 Å². The van der Waals surface area contributed by atoms with E-state index in [9.17, 15) is 4.39 Å². The summed E-state index contributed by atoms with van der Waals surface area (Å²) in [6.45, 7) is 0. The third kappa shape index (κ3) is 1.46. The summed E-state index contributed by atoms with van der Waals surface area (Å²) in [4.78, 5) is 0. The number of aromatic amines is 1. The minimum atomic E-state index is -0.258. The van der Waals surface area contributed by atoms with Crippen molar-refractivity contribution in [3.05, 3.63) is 36.4 Å². The Hall–Kier alpha value is -1.84. The Kier molecular flexibility index (Phi) is 2.18. The van der Waals surface area contributed by atoms with Crippen molar-refractivity contribution >= 4 is 5.69 Å². The Morgan fingerprint density at radius 1 is 1.36 bits per heavy atom. The zero-order valence-corrected chi connectivity index (χ0v) is 7.71. The van der Waals surface area contributed by atoms with Crippen LogP contribution in [-0.2, 0) is 0 Å². The lowest BCUT2D eigenvalue weighted by Crippen LogP contribution is -1.92. The van der Waals surface area contributed by atoms with Gasteiger partial charge < -0.3 is 5.32 Å². The Labute approximate surface area is 81.0 Å². The number of halogens is 1. The number of benzene rings is 1. The molecule has 2 N–H and O–H groups in total. The van der Waals surface area contributed by atoms with Crippen LogP contribution < -0.4 is 5.32 Å². The lowest BCUT2D eigenvalue weighted by Gasteiger charge is -2.03. The van der Waals surface area contributed by atoms with Crippen LogP contribution in [0.5, 0.6) is 0 Å². The number of hydrogen-bond acceptors (Lipinski definition) is 2. The first-order chi connectivity index (χ1) is 6.81. The molecule has 0 aliphatic heterocycles. The minimum Gasteiger partial charge on any atom is -0.386 e. The zero-order valence-electron chi connectivity index (χ0n) is 7.71. The van der Waals surface area contributed by atoms with Crippen LogP contribution in [-0.4, -0.2) is 17.2 Å². The Morgan fingerprint density at radius 3 is 2.79 bits per heavy atom. The average Bonchev–Trinajstić information content (AvgIpc) is 2.70. The average molecular weight is 191 g/mol. The molecule has 0 fully saturated rings. The highest BCUT2D eigenvalue weighted by Gasteiger charge is 2.03. The molecule has 0 unspecified atom stereocenters. The van der Waals surface area contributed by atoms with E-state index in [2.05, 4.69) is 15.5 Å². The van der Waals surface area contributed by atoms with Crippen LogP contribution in [0.4, 0.5) is 10.1 Å². The predicted octanol–water partition coefficient (Wildman–Crippen LogP) is 2.26. The van der Waals surface area contributed by atoms with Crippen LogP contribution >= 0.6 is 0 Å². The highest BCUT2D eigenvalue weighted by atomic mass is 19.1. The van der Waals surface area contributed by atoms with Gasteiger partial charge in [-0.2, -0.15) is 5.10 Å². The smallest absolute Gasteiger partial charge is 0.146 e. The first-order valence-corrected chi connectivity index (χ1v) is 4.27. The highest BCUT2D eigenvalue weighted by Crippen LogP contribution is 2.22. The van der Waals surface area contributed by atoms with Gasteiger partial charge in [-0.25, -0.2) is 4.39 Å². The number of nitrogens with zero attached hydrogens (tertiary/aromatic N) is 1. The molecule has 0 radical (unpaired) electrons. The van der Waals surface area contributed by atoms with Gasteiger partial charge in [-0.15, -0.1) is 0 Å². The van der Waals surface area contributed by atoms with Gasteiger partial charge in [0.25, 0.3) is 0 Å². The van der Waals surface area contributed by atoms with Crippen LogP contribution in [0.25, 0.3) is 11.1 Å². The van der Waals surface area contributed by atoms with E-state index < -0.39 is 0 Å². The molecule has 1 aromatic carbocycles. The molecule has 2 aromatic rings. The third-order valence-corrected chi connectivity index (χ3v) is 2.07. The first kappa shape index (κ1) is 8.74. The first-order valence-electron chi connectivity index (χ1n) is 4.27. The standard InChI is InChI=1S/C10H10FN3/c1-12-10-3-2-7(4-9(10)11)8-5-13-14-6-8/h2-6,12H,1H3,(H,13,14). The van der Waals surface area contributed by atoms with E-state index in [4.69, 9.17) is 0 Å². The monoisotopic (exact) mass is 191 g/mol. The molecule has 0 aliphatic rings. The number of aromatic nitrogens is 2. The van der Waals surface area contributed by atoms with E-state index in [0.717, 1.165) is 11.1 Å². The molecule has 0 atom stereocenters. The summed E-state index contributed by atoms with van der Waals surface area (Å²) < 4.78 is 13.3. The van der Waals surface area contributed by atoms with E-state index in [0.29, 0.717) is 5.69 Å². The molecule has 3 nitrogen and oxygen atoms in total. The van der Waals surface area contributed by atoms with Gasteiger partial charge in [0.1, 0.15) is 5.82 Å². The molecular weight excluding hydrogens is 181 g/mol. The number of hydrogen-bond donors (Lipinski definition) is 2. The van der Waals surface area contributed by atoms with Gasteiger partial charge in [0.05, 0.1) is 11.9 Å². The van der Waals surface area contributed by atoms with Gasteiger partial charge in [-0.05, 0) is 17.7 Å². The van der Waals surface area contributed by atoms with Crippen molar-refractivity contribution in [3.8, 4) is 11.1 Å².